The summed E-state index contributed by atoms with van der Waals surface area (Å²) in [6.07, 6.45) is 3.28. The molecule has 2 rings (SSSR count). The van der Waals surface area contributed by atoms with Gasteiger partial charge in [-0.15, -0.1) is 0 Å². The zero-order valence-corrected chi connectivity index (χ0v) is 11.9. The van der Waals surface area contributed by atoms with E-state index in [1.54, 1.807) is 0 Å². The van der Waals surface area contributed by atoms with E-state index in [0.717, 1.165) is 44.3 Å². The van der Waals surface area contributed by atoms with E-state index in [0.29, 0.717) is 6.10 Å². The molecule has 0 saturated carbocycles. The van der Waals surface area contributed by atoms with E-state index < -0.39 is 0 Å². The van der Waals surface area contributed by atoms with Crippen LogP contribution in [0.4, 0.5) is 0 Å². The van der Waals surface area contributed by atoms with Crippen LogP contribution in [-0.4, -0.2) is 35.7 Å². The predicted molar refractivity (Wildman–Crippen MR) is 70.5 cm³/mol. The number of aromatic nitrogens is 1. The van der Waals surface area contributed by atoms with E-state index in [1.807, 2.05) is 6.20 Å². The highest BCUT2D eigenvalue weighted by atomic mass is 16.5. The molecular formula is C14H24N2O2. The Hall–Kier alpha value is -0.870. The minimum Gasteiger partial charge on any atom is -0.444 e. The smallest absolute Gasteiger partial charge is 0.208 e. The van der Waals surface area contributed by atoms with Gasteiger partial charge < -0.3 is 9.15 Å². The fourth-order valence-corrected chi connectivity index (χ4v) is 2.09. The van der Waals surface area contributed by atoms with Gasteiger partial charge in [-0.05, 0) is 6.42 Å². The van der Waals surface area contributed by atoms with Crippen LogP contribution in [0.5, 0.6) is 0 Å². The molecule has 0 amide bonds. The Morgan fingerprint density at radius 3 is 2.83 bits per heavy atom. The molecule has 0 bridgehead atoms. The summed E-state index contributed by atoms with van der Waals surface area (Å²) in [6, 6.07) is 0. The largest absolute Gasteiger partial charge is 0.444 e. The van der Waals surface area contributed by atoms with Crippen molar-refractivity contribution in [3.8, 4) is 0 Å². The van der Waals surface area contributed by atoms with Crippen molar-refractivity contribution in [3.05, 3.63) is 17.8 Å². The molecule has 0 unspecified atom stereocenters. The molecule has 0 aromatic carbocycles. The number of rotatable bonds is 3. The molecule has 4 nitrogen and oxygen atoms in total. The Balaban J connectivity index is 1.95. The molecule has 1 aromatic rings. The van der Waals surface area contributed by atoms with Gasteiger partial charge in [0.25, 0.3) is 0 Å². The number of nitrogens with zero attached hydrogens (tertiary/aromatic N) is 2. The highest BCUT2D eigenvalue weighted by Crippen LogP contribution is 2.23. The molecule has 1 aliphatic rings. The summed E-state index contributed by atoms with van der Waals surface area (Å²) in [6.45, 7) is 12.1. The summed E-state index contributed by atoms with van der Waals surface area (Å²) >= 11 is 0. The maximum atomic E-state index is 5.83. The Kier molecular flexibility index (Phi) is 4.07. The molecule has 0 N–H and O–H groups in total. The van der Waals surface area contributed by atoms with Gasteiger partial charge >= 0.3 is 0 Å². The maximum absolute atomic E-state index is 5.83. The third-order valence-corrected chi connectivity index (χ3v) is 3.33. The summed E-state index contributed by atoms with van der Waals surface area (Å²) in [7, 11) is 0. The Labute approximate surface area is 109 Å². The number of oxazole rings is 1. The van der Waals surface area contributed by atoms with Crippen molar-refractivity contribution < 1.29 is 9.15 Å². The van der Waals surface area contributed by atoms with Crippen molar-refractivity contribution in [2.75, 3.05) is 19.7 Å². The van der Waals surface area contributed by atoms with Gasteiger partial charge in [0.2, 0.25) is 5.89 Å². The van der Waals surface area contributed by atoms with Crippen LogP contribution in [0.2, 0.25) is 0 Å². The standard InChI is InChI=1S/C14H24N2O2/c1-5-11-9-16(6-7-17-11)10-13-15-8-12(18-13)14(2,3)4/h8,11H,5-7,9-10H2,1-4H3/t11-/m0/s1. The summed E-state index contributed by atoms with van der Waals surface area (Å²) < 4.78 is 11.5. The molecule has 0 spiro atoms. The zero-order valence-electron chi connectivity index (χ0n) is 11.9. The van der Waals surface area contributed by atoms with Gasteiger partial charge in [0.15, 0.2) is 0 Å². The number of ether oxygens (including phenoxy) is 1. The van der Waals surface area contributed by atoms with E-state index in [2.05, 4.69) is 37.6 Å². The predicted octanol–water partition coefficient (Wildman–Crippen LogP) is 2.58. The average Bonchev–Trinajstić information content (AvgIpc) is 2.77. The van der Waals surface area contributed by atoms with Crippen molar-refractivity contribution >= 4 is 0 Å². The van der Waals surface area contributed by atoms with E-state index in [9.17, 15) is 0 Å². The van der Waals surface area contributed by atoms with Crippen LogP contribution in [0.1, 0.15) is 45.8 Å². The van der Waals surface area contributed by atoms with Crippen molar-refractivity contribution in [3.63, 3.8) is 0 Å². The highest BCUT2D eigenvalue weighted by molar-refractivity contribution is 5.06. The first-order chi connectivity index (χ1) is 8.49. The van der Waals surface area contributed by atoms with E-state index >= 15 is 0 Å². The fraction of sp³-hybridized carbons (Fsp3) is 0.786. The van der Waals surface area contributed by atoms with Crippen LogP contribution < -0.4 is 0 Å². The van der Waals surface area contributed by atoms with E-state index in [4.69, 9.17) is 9.15 Å². The quantitative estimate of drug-likeness (QED) is 0.829. The lowest BCUT2D eigenvalue weighted by Gasteiger charge is -2.31. The first-order valence-corrected chi connectivity index (χ1v) is 6.78. The van der Waals surface area contributed by atoms with Crippen molar-refractivity contribution in [1.29, 1.82) is 0 Å². The lowest BCUT2D eigenvalue weighted by molar-refractivity contribution is -0.0348. The molecule has 1 fully saturated rings. The first kappa shape index (κ1) is 13.6. The Morgan fingerprint density at radius 2 is 2.22 bits per heavy atom. The first-order valence-electron chi connectivity index (χ1n) is 6.78. The van der Waals surface area contributed by atoms with Crippen molar-refractivity contribution in [1.82, 2.24) is 9.88 Å². The molecule has 1 aliphatic heterocycles. The lowest BCUT2D eigenvalue weighted by atomic mass is 9.94. The van der Waals surface area contributed by atoms with Gasteiger partial charge in [-0.3, -0.25) is 4.90 Å². The topological polar surface area (TPSA) is 38.5 Å². The van der Waals surface area contributed by atoms with E-state index in [1.165, 1.54) is 0 Å². The molecule has 0 radical (unpaired) electrons. The SMILES string of the molecule is CC[C@H]1CN(Cc2ncc(C(C)(C)C)o2)CCO1. The zero-order chi connectivity index (χ0) is 13.2. The molecular weight excluding hydrogens is 228 g/mol. The third-order valence-electron chi connectivity index (χ3n) is 3.33. The molecule has 0 aliphatic carbocycles. The third kappa shape index (κ3) is 3.33. The number of morpholine rings is 1. The van der Waals surface area contributed by atoms with Crippen LogP contribution in [-0.2, 0) is 16.7 Å². The van der Waals surface area contributed by atoms with Gasteiger partial charge in [0.05, 0.1) is 25.5 Å². The molecule has 18 heavy (non-hydrogen) atoms. The maximum Gasteiger partial charge on any atom is 0.208 e. The van der Waals surface area contributed by atoms with Gasteiger partial charge in [-0.2, -0.15) is 0 Å². The van der Waals surface area contributed by atoms with Gasteiger partial charge in [-0.25, -0.2) is 4.98 Å². The van der Waals surface area contributed by atoms with E-state index in [-0.39, 0.29) is 5.41 Å². The summed E-state index contributed by atoms with van der Waals surface area (Å²) in [5.74, 6) is 1.77. The summed E-state index contributed by atoms with van der Waals surface area (Å²) in [4.78, 5) is 6.74. The second-order valence-corrected chi connectivity index (χ2v) is 6.00. The lowest BCUT2D eigenvalue weighted by Crippen LogP contribution is -2.41. The van der Waals surface area contributed by atoms with Crippen LogP contribution in [0.3, 0.4) is 0 Å². The van der Waals surface area contributed by atoms with Crippen LogP contribution in [0.25, 0.3) is 0 Å². The summed E-state index contributed by atoms with van der Waals surface area (Å²) in [5, 5.41) is 0. The minimum absolute atomic E-state index is 0.0300. The van der Waals surface area contributed by atoms with Crippen molar-refractivity contribution in [2.45, 2.75) is 52.2 Å². The molecule has 4 heteroatoms. The monoisotopic (exact) mass is 252 g/mol. The van der Waals surface area contributed by atoms with Gasteiger partial charge in [-0.1, -0.05) is 27.7 Å². The average molecular weight is 252 g/mol. The molecule has 1 saturated heterocycles. The summed E-state index contributed by atoms with van der Waals surface area (Å²) in [5.41, 5.74) is 0.0300. The molecule has 2 heterocycles. The number of hydrogen-bond acceptors (Lipinski definition) is 4. The van der Waals surface area contributed by atoms with Crippen LogP contribution >= 0.6 is 0 Å². The molecule has 1 atom stereocenters. The minimum atomic E-state index is 0.0300. The normalized spacial score (nSPS) is 22.3. The molecule has 1 aromatic heterocycles. The molecule has 102 valence electrons. The van der Waals surface area contributed by atoms with Crippen molar-refractivity contribution in [2.24, 2.45) is 0 Å². The van der Waals surface area contributed by atoms with Gasteiger partial charge in [0, 0.05) is 18.5 Å². The van der Waals surface area contributed by atoms with Crippen LogP contribution in [0, 0.1) is 0 Å². The number of hydrogen-bond donors (Lipinski definition) is 0. The second kappa shape index (κ2) is 5.41. The Bertz CT molecular complexity index is 381. The Morgan fingerprint density at radius 1 is 1.44 bits per heavy atom. The highest BCUT2D eigenvalue weighted by Gasteiger charge is 2.23. The van der Waals surface area contributed by atoms with Crippen LogP contribution in [0.15, 0.2) is 10.6 Å². The van der Waals surface area contributed by atoms with Gasteiger partial charge in [0.1, 0.15) is 5.76 Å². The fourth-order valence-electron chi connectivity index (χ4n) is 2.09. The second-order valence-electron chi connectivity index (χ2n) is 6.00.